The molecule has 1 aromatic heterocycles. The molecular formula is C18H23N3O2S. The summed E-state index contributed by atoms with van der Waals surface area (Å²) in [6, 6.07) is 7.89. The molecule has 0 saturated carbocycles. The third-order valence-corrected chi connectivity index (χ3v) is 5.47. The summed E-state index contributed by atoms with van der Waals surface area (Å²) in [6.07, 6.45) is 3.69. The number of benzene rings is 1. The third-order valence-electron chi connectivity index (χ3n) is 4.27. The van der Waals surface area contributed by atoms with Crippen LogP contribution in [-0.2, 0) is 12.8 Å². The van der Waals surface area contributed by atoms with Crippen molar-refractivity contribution >= 4 is 17.4 Å². The van der Waals surface area contributed by atoms with Gasteiger partial charge in [-0.25, -0.2) is 9.78 Å². The van der Waals surface area contributed by atoms with Crippen LogP contribution < -0.4 is 15.4 Å². The second kappa shape index (κ2) is 7.66. The van der Waals surface area contributed by atoms with Gasteiger partial charge >= 0.3 is 6.03 Å². The Hall–Kier alpha value is -2.08. The lowest BCUT2D eigenvalue weighted by Crippen LogP contribution is -2.44. The number of aromatic nitrogens is 1. The average molecular weight is 345 g/mol. The molecule has 2 atom stereocenters. The zero-order chi connectivity index (χ0) is 16.9. The summed E-state index contributed by atoms with van der Waals surface area (Å²) in [4.78, 5) is 17.7. The number of fused-ring (bicyclic) bond motifs is 1. The van der Waals surface area contributed by atoms with Crippen LogP contribution in [-0.4, -0.2) is 30.2 Å². The fourth-order valence-corrected chi connectivity index (χ4v) is 3.73. The first-order valence-electron chi connectivity index (χ1n) is 8.37. The molecule has 0 spiro atoms. The van der Waals surface area contributed by atoms with E-state index in [0.717, 1.165) is 23.6 Å². The van der Waals surface area contributed by atoms with E-state index in [2.05, 4.69) is 28.6 Å². The highest BCUT2D eigenvalue weighted by Crippen LogP contribution is 2.35. The topological polar surface area (TPSA) is 63.2 Å². The van der Waals surface area contributed by atoms with E-state index >= 15 is 0 Å². The molecule has 1 aromatic carbocycles. The summed E-state index contributed by atoms with van der Waals surface area (Å²) in [5.74, 6) is 1.12. The fourth-order valence-electron chi connectivity index (χ4n) is 2.87. The zero-order valence-electron chi connectivity index (χ0n) is 14.0. The van der Waals surface area contributed by atoms with Gasteiger partial charge in [-0.2, -0.15) is 0 Å². The lowest BCUT2D eigenvalue weighted by molar-refractivity contribution is 0.233. The first kappa shape index (κ1) is 16.8. The summed E-state index contributed by atoms with van der Waals surface area (Å²) in [6.45, 7) is 5.34. The Bertz CT molecular complexity index is 701. The second-order valence-corrected chi connectivity index (χ2v) is 7.17. The monoisotopic (exact) mass is 345 g/mol. The number of hydrogen-bond donors (Lipinski definition) is 2. The van der Waals surface area contributed by atoms with E-state index in [1.54, 1.807) is 11.3 Å². The Morgan fingerprint density at radius 2 is 2.29 bits per heavy atom. The first-order chi connectivity index (χ1) is 11.7. The van der Waals surface area contributed by atoms with Crippen LogP contribution >= 0.6 is 11.3 Å². The smallest absolute Gasteiger partial charge is 0.315 e. The van der Waals surface area contributed by atoms with Gasteiger partial charge in [-0.3, -0.25) is 0 Å². The van der Waals surface area contributed by atoms with Gasteiger partial charge in [-0.1, -0.05) is 25.1 Å². The number of urea groups is 1. The zero-order valence-corrected chi connectivity index (χ0v) is 14.9. The average Bonchev–Trinajstić information content (AvgIpc) is 3.21. The highest BCUT2D eigenvalue weighted by molar-refractivity contribution is 7.11. The minimum absolute atomic E-state index is 0.0141. The van der Waals surface area contributed by atoms with E-state index in [4.69, 9.17) is 4.74 Å². The number of nitrogens with one attached hydrogen (secondary N) is 2. The van der Waals surface area contributed by atoms with Gasteiger partial charge in [0.25, 0.3) is 0 Å². The van der Waals surface area contributed by atoms with Crippen molar-refractivity contribution in [3.8, 4) is 5.75 Å². The molecule has 3 rings (SSSR count). The van der Waals surface area contributed by atoms with Crippen molar-refractivity contribution in [3.05, 3.63) is 45.9 Å². The van der Waals surface area contributed by atoms with Crippen molar-refractivity contribution in [2.45, 2.75) is 38.6 Å². The largest absolute Gasteiger partial charge is 0.493 e. The van der Waals surface area contributed by atoms with Gasteiger partial charge in [0, 0.05) is 41.6 Å². The van der Waals surface area contributed by atoms with Crippen molar-refractivity contribution in [1.29, 1.82) is 0 Å². The van der Waals surface area contributed by atoms with Crippen LogP contribution in [0.1, 0.15) is 35.2 Å². The predicted molar refractivity (Wildman–Crippen MR) is 95.9 cm³/mol. The van der Waals surface area contributed by atoms with Gasteiger partial charge in [-0.05, 0) is 19.4 Å². The Labute approximate surface area is 146 Å². The number of nitrogens with zero attached hydrogens (tertiary/aromatic N) is 1. The lowest BCUT2D eigenvalue weighted by atomic mass is 9.94. The molecule has 0 fully saturated rings. The molecule has 0 saturated heterocycles. The minimum atomic E-state index is -0.140. The third kappa shape index (κ3) is 3.87. The Morgan fingerprint density at radius 1 is 1.46 bits per heavy atom. The molecule has 1 aliphatic rings. The van der Waals surface area contributed by atoms with Crippen LogP contribution in [0.3, 0.4) is 0 Å². The van der Waals surface area contributed by atoms with E-state index in [0.29, 0.717) is 13.2 Å². The van der Waals surface area contributed by atoms with Crippen LogP contribution in [0.25, 0.3) is 0 Å². The number of ether oxygens (including phenoxy) is 1. The molecule has 128 valence electrons. The molecule has 5 nitrogen and oxygen atoms in total. The number of aryl methyl sites for hydroxylation is 1. The maximum absolute atomic E-state index is 12.1. The number of carbonyl (C=O) groups is 1. The highest BCUT2D eigenvalue weighted by Gasteiger charge is 2.29. The molecular weight excluding hydrogens is 322 g/mol. The van der Waals surface area contributed by atoms with E-state index in [9.17, 15) is 4.79 Å². The molecule has 2 amide bonds. The summed E-state index contributed by atoms with van der Waals surface area (Å²) in [5, 5.41) is 7.00. The molecule has 0 radical (unpaired) electrons. The lowest BCUT2D eigenvalue weighted by Gasteiger charge is -2.20. The number of amides is 2. The Kier molecular flexibility index (Phi) is 5.35. The van der Waals surface area contributed by atoms with Crippen LogP contribution in [0.15, 0.2) is 30.5 Å². The maximum atomic E-state index is 12.1. The number of carbonyl (C=O) groups excluding carboxylic acids is 1. The molecule has 1 aliphatic heterocycles. The Morgan fingerprint density at radius 3 is 3.08 bits per heavy atom. The number of rotatable bonds is 6. The van der Waals surface area contributed by atoms with Gasteiger partial charge in [0.05, 0.1) is 11.6 Å². The van der Waals surface area contributed by atoms with Crippen molar-refractivity contribution in [2.24, 2.45) is 0 Å². The summed E-state index contributed by atoms with van der Waals surface area (Å²) in [5.41, 5.74) is 1.17. The van der Waals surface area contributed by atoms with Gasteiger partial charge in [0.2, 0.25) is 0 Å². The second-order valence-electron chi connectivity index (χ2n) is 5.97. The number of thiazole rings is 1. The van der Waals surface area contributed by atoms with Crippen molar-refractivity contribution in [2.75, 3.05) is 13.2 Å². The minimum Gasteiger partial charge on any atom is -0.493 e. The van der Waals surface area contributed by atoms with Crippen molar-refractivity contribution in [1.82, 2.24) is 15.6 Å². The highest BCUT2D eigenvalue weighted by atomic mass is 32.1. The van der Waals surface area contributed by atoms with E-state index in [-0.39, 0.29) is 18.0 Å². The molecule has 0 bridgehead atoms. The number of hydrogen-bond acceptors (Lipinski definition) is 4. The summed E-state index contributed by atoms with van der Waals surface area (Å²) in [7, 11) is 0. The van der Waals surface area contributed by atoms with Crippen LogP contribution in [0.2, 0.25) is 0 Å². The quantitative estimate of drug-likeness (QED) is 0.845. The van der Waals surface area contributed by atoms with Gasteiger partial charge in [0.1, 0.15) is 5.75 Å². The molecule has 0 aliphatic carbocycles. The van der Waals surface area contributed by atoms with Crippen LogP contribution in [0.4, 0.5) is 4.79 Å². The Balaban J connectivity index is 1.45. The van der Waals surface area contributed by atoms with Crippen LogP contribution in [0.5, 0.6) is 5.75 Å². The SMILES string of the molecule is CCc1cnc(CCNC(=O)N[C@@H](C)[C@@H]2COc3ccccc32)s1. The van der Waals surface area contributed by atoms with Crippen molar-refractivity contribution < 1.29 is 9.53 Å². The van der Waals surface area contributed by atoms with Crippen LogP contribution in [0, 0.1) is 0 Å². The predicted octanol–water partition coefficient (Wildman–Crippen LogP) is 3.11. The molecule has 2 aromatic rings. The summed E-state index contributed by atoms with van der Waals surface area (Å²) < 4.78 is 5.69. The van der Waals surface area contributed by atoms with E-state index < -0.39 is 0 Å². The standard InChI is InChI=1S/C18H23N3O2S/c1-3-13-10-20-17(24-13)8-9-19-18(22)21-12(2)15-11-23-16-7-5-4-6-14(15)16/h4-7,10,12,15H,3,8-9,11H2,1-2H3,(H2,19,21,22)/t12-,15-/m0/s1. The molecule has 6 heteroatoms. The first-order valence-corrected chi connectivity index (χ1v) is 9.18. The van der Waals surface area contributed by atoms with Gasteiger partial charge in [0.15, 0.2) is 0 Å². The van der Waals surface area contributed by atoms with E-state index in [1.165, 1.54) is 10.4 Å². The maximum Gasteiger partial charge on any atom is 0.315 e. The van der Waals surface area contributed by atoms with E-state index in [1.807, 2.05) is 31.3 Å². The van der Waals surface area contributed by atoms with Gasteiger partial charge < -0.3 is 15.4 Å². The molecule has 2 N–H and O–H groups in total. The van der Waals surface area contributed by atoms with Gasteiger partial charge in [-0.15, -0.1) is 11.3 Å². The molecule has 24 heavy (non-hydrogen) atoms. The normalized spacial score (nSPS) is 17.0. The summed E-state index contributed by atoms with van der Waals surface area (Å²) >= 11 is 1.71. The molecule has 2 heterocycles. The fraction of sp³-hybridized carbons (Fsp3) is 0.444. The number of para-hydroxylation sites is 1. The molecule has 0 unspecified atom stereocenters. The van der Waals surface area contributed by atoms with Crippen molar-refractivity contribution in [3.63, 3.8) is 0 Å².